The minimum absolute atomic E-state index is 0.681. The van der Waals surface area contributed by atoms with Crippen LogP contribution in [0.2, 0.25) is 0 Å². The van der Waals surface area contributed by atoms with Gasteiger partial charge in [-0.3, -0.25) is 0 Å². The van der Waals surface area contributed by atoms with E-state index < -0.39 is 0 Å². The van der Waals surface area contributed by atoms with E-state index in [1.807, 2.05) is 11.3 Å². The van der Waals surface area contributed by atoms with Crippen LogP contribution in [0.25, 0.3) is 0 Å². The Morgan fingerprint density at radius 1 is 1.20 bits per heavy atom. The van der Waals surface area contributed by atoms with Crippen LogP contribution in [0.5, 0.6) is 0 Å². The van der Waals surface area contributed by atoms with E-state index in [1.54, 1.807) is 0 Å². The highest BCUT2D eigenvalue weighted by atomic mass is 79.9. The van der Waals surface area contributed by atoms with Gasteiger partial charge in [-0.05, 0) is 72.7 Å². The van der Waals surface area contributed by atoms with Crippen molar-refractivity contribution in [1.29, 1.82) is 0 Å². The smallest absolute Gasteiger partial charge is 0.0285 e. The summed E-state index contributed by atoms with van der Waals surface area (Å²) in [6.45, 7) is 6.70. The summed E-state index contributed by atoms with van der Waals surface area (Å²) in [5.41, 5.74) is 5.71. The summed E-state index contributed by atoms with van der Waals surface area (Å²) in [5.74, 6) is 0.681. The zero-order chi connectivity index (χ0) is 14.5. The molecule has 1 aromatic carbocycles. The van der Waals surface area contributed by atoms with Gasteiger partial charge < -0.3 is 0 Å². The summed E-state index contributed by atoms with van der Waals surface area (Å²) in [4.78, 5) is 1.52. The topological polar surface area (TPSA) is 0 Å². The molecule has 0 aliphatic rings. The second-order valence-corrected chi connectivity index (χ2v) is 7.11. The predicted octanol–water partition coefficient (Wildman–Crippen LogP) is 6.39. The maximum absolute atomic E-state index is 3.55. The highest BCUT2D eigenvalue weighted by molar-refractivity contribution is 9.08. The molecule has 0 fully saturated rings. The molecule has 1 aromatic heterocycles. The van der Waals surface area contributed by atoms with Crippen molar-refractivity contribution in [3.05, 3.63) is 56.8 Å². The lowest BCUT2D eigenvalue weighted by molar-refractivity contribution is 0.608. The van der Waals surface area contributed by atoms with Crippen molar-refractivity contribution in [3.63, 3.8) is 0 Å². The molecule has 0 nitrogen and oxygen atoms in total. The Morgan fingerprint density at radius 3 is 2.55 bits per heavy atom. The normalized spacial score (nSPS) is 12.6. The van der Waals surface area contributed by atoms with E-state index in [1.165, 1.54) is 46.4 Å². The van der Waals surface area contributed by atoms with Gasteiger partial charge in [0.05, 0.1) is 0 Å². The first-order valence-electron chi connectivity index (χ1n) is 7.33. The minimum Gasteiger partial charge on any atom is -0.149 e. The van der Waals surface area contributed by atoms with Crippen molar-refractivity contribution in [2.24, 2.45) is 0 Å². The molecule has 1 unspecified atom stereocenters. The Hall–Kier alpha value is -0.600. The van der Waals surface area contributed by atoms with Gasteiger partial charge in [0.25, 0.3) is 0 Å². The Labute approximate surface area is 135 Å². The lowest BCUT2D eigenvalue weighted by atomic mass is 9.89. The molecule has 1 atom stereocenters. The molecule has 20 heavy (non-hydrogen) atoms. The zero-order valence-corrected chi connectivity index (χ0v) is 15.0. The predicted molar refractivity (Wildman–Crippen MR) is 94.2 cm³/mol. The molecule has 0 spiro atoms. The first kappa shape index (κ1) is 15.8. The highest BCUT2D eigenvalue weighted by Gasteiger charge is 2.11. The van der Waals surface area contributed by atoms with Gasteiger partial charge in [-0.15, -0.1) is 11.3 Å². The summed E-state index contributed by atoms with van der Waals surface area (Å²) in [6.07, 6.45) is 3.68. The fourth-order valence-corrected chi connectivity index (χ4v) is 4.19. The average molecular weight is 351 g/mol. The van der Waals surface area contributed by atoms with Crippen molar-refractivity contribution in [3.8, 4) is 0 Å². The van der Waals surface area contributed by atoms with E-state index in [-0.39, 0.29) is 0 Å². The number of rotatable bonds is 6. The Bertz CT molecular complexity index is 556. The van der Waals surface area contributed by atoms with Gasteiger partial charge in [-0.1, -0.05) is 41.1 Å². The summed E-state index contributed by atoms with van der Waals surface area (Å²) in [5, 5.41) is 3.20. The van der Waals surface area contributed by atoms with Crippen molar-refractivity contribution in [2.75, 3.05) is 0 Å². The molecule has 1 heterocycles. The molecule has 0 amide bonds. The molecular formula is C18H23BrS. The molecule has 0 radical (unpaired) electrons. The molecular weight excluding hydrogens is 328 g/mol. The van der Waals surface area contributed by atoms with E-state index in [2.05, 4.69) is 66.3 Å². The standard InChI is InChI=1S/C18H23BrS/c1-4-15(7-8-18-9-13(2)12-20-18)16-5-6-17(11-19)14(3)10-16/h5-6,9-10,12,15H,4,7-8,11H2,1-3H3. The average Bonchev–Trinajstić information content (AvgIpc) is 2.85. The van der Waals surface area contributed by atoms with Crippen molar-refractivity contribution in [2.45, 2.75) is 51.3 Å². The first-order chi connectivity index (χ1) is 9.63. The van der Waals surface area contributed by atoms with Crippen LogP contribution in [0.15, 0.2) is 29.6 Å². The summed E-state index contributed by atoms with van der Waals surface area (Å²) in [6, 6.07) is 9.30. The third-order valence-electron chi connectivity index (χ3n) is 4.00. The van der Waals surface area contributed by atoms with Crippen LogP contribution in [0.1, 0.15) is 52.8 Å². The third kappa shape index (κ3) is 3.95. The van der Waals surface area contributed by atoms with Crippen LogP contribution in [0, 0.1) is 13.8 Å². The van der Waals surface area contributed by atoms with E-state index in [0.29, 0.717) is 5.92 Å². The first-order valence-corrected chi connectivity index (χ1v) is 9.33. The molecule has 2 heteroatoms. The largest absolute Gasteiger partial charge is 0.149 e. The van der Waals surface area contributed by atoms with Crippen molar-refractivity contribution in [1.82, 2.24) is 0 Å². The van der Waals surface area contributed by atoms with E-state index in [0.717, 1.165) is 5.33 Å². The maximum Gasteiger partial charge on any atom is 0.0285 e. The lowest BCUT2D eigenvalue weighted by Crippen LogP contribution is -2.00. The third-order valence-corrected chi connectivity index (χ3v) is 5.72. The number of aryl methyl sites for hydroxylation is 3. The van der Waals surface area contributed by atoms with E-state index in [9.17, 15) is 0 Å². The summed E-state index contributed by atoms with van der Waals surface area (Å²) in [7, 11) is 0. The van der Waals surface area contributed by atoms with Crippen LogP contribution in [-0.2, 0) is 11.8 Å². The van der Waals surface area contributed by atoms with Gasteiger partial charge in [-0.2, -0.15) is 0 Å². The molecule has 0 saturated carbocycles. The molecule has 0 N–H and O–H groups in total. The van der Waals surface area contributed by atoms with Gasteiger partial charge >= 0.3 is 0 Å². The lowest BCUT2D eigenvalue weighted by Gasteiger charge is -2.16. The maximum atomic E-state index is 3.55. The van der Waals surface area contributed by atoms with Crippen LogP contribution >= 0.6 is 27.3 Å². The molecule has 2 aromatic rings. The van der Waals surface area contributed by atoms with Crippen LogP contribution in [-0.4, -0.2) is 0 Å². The van der Waals surface area contributed by atoms with Gasteiger partial charge in [0, 0.05) is 10.2 Å². The summed E-state index contributed by atoms with van der Waals surface area (Å²) < 4.78 is 0. The van der Waals surface area contributed by atoms with Crippen LogP contribution in [0.3, 0.4) is 0 Å². The molecule has 0 aliphatic heterocycles. The van der Waals surface area contributed by atoms with E-state index in [4.69, 9.17) is 0 Å². The molecule has 0 aliphatic carbocycles. The number of thiophene rings is 1. The summed E-state index contributed by atoms with van der Waals surface area (Å²) >= 11 is 5.45. The second kappa shape index (κ2) is 7.42. The quantitative estimate of drug-likeness (QED) is 0.529. The van der Waals surface area contributed by atoms with Gasteiger partial charge in [0.15, 0.2) is 0 Å². The molecule has 108 valence electrons. The zero-order valence-electron chi connectivity index (χ0n) is 12.6. The number of benzene rings is 1. The van der Waals surface area contributed by atoms with Gasteiger partial charge in [0.2, 0.25) is 0 Å². The SMILES string of the molecule is CCC(CCc1cc(C)cs1)c1ccc(CBr)c(C)c1. The molecule has 0 saturated heterocycles. The van der Waals surface area contributed by atoms with Crippen molar-refractivity contribution < 1.29 is 0 Å². The number of hydrogen-bond donors (Lipinski definition) is 0. The van der Waals surface area contributed by atoms with Gasteiger partial charge in [0.1, 0.15) is 0 Å². The Balaban J connectivity index is 2.06. The fourth-order valence-electron chi connectivity index (χ4n) is 2.67. The fraction of sp³-hybridized carbons (Fsp3) is 0.444. The van der Waals surface area contributed by atoms with Crippen molar-refractivity contribution >= 4 is 27.3 Å². The van der Waals surface area contributed by atoms with Crippen LogP contribution < -0.4 is 0 Å². The number of hydrogen-bond acceptors (Lipinski definition) is 1. The Kier molecular flexibility index (Phi) is 5.86. The monoisotopic (exact) mass is 350 g/mol. The number of halogens is 1. The van der Waals surface area contributed by atoms with Crippen LogP contribution in [0.4, 0.5) is 0 Å². The highest BCUT2D eigenvalue weighted by Crippen LogP contribution is 2.28. The minimum atomic E-state index is 0.681. The number of alkyl halides is 1. The van der Waals surface area contributed by atoms with Gasteiger partial charge in [-0.25, -0.2) is 0 Å². The Morgan fingerprint density at radius 2 is 2.00 bits per heavy atom. The molecule has 2 rings (SSSR count). The molecule has 0 bridgehead atoms. The second-order valence-electron chi connectivity index (χ2n) is 5.55. The van der Waals surface area contributed by atoms with E-state index >= 15 is 0 Å².